The van der Waals surface area contributed by atoms with Gasteiger partial charge in [-0.05, 0) is 24.0 Å². The summed E-state index contributed by atoms with van der Waals surface area (Å²) in [6.45, 7) is 0. The molecular formula is C20H23NO3. The van der Waals surface area contributed by atoms with E-state index in [0.717, 1.165) is 12.0 Å². The lowest BCUT2D eigenvalue weighted by atomic mass is 10.0. The summed E-state index contributed by atoms with van der Waals surface area (Å²) < 4.78 is 0. The molecule has 0 aliphatic heterocycles. The van der Waals surface area contributed by atoms with E-state index in [-0.39, 0.29) is 5.91 Å². The van der Waals surface area contributed by atoms with Crippen molar-refractivity contribution in [3.8, 4) is 0 Å². The summed E-state index contributed by atoms with van der Waals surface area (Å²) in [5.74, 6) is -1.10. The minimum Gasteiger partial charge on any atom is -0.480 e. The first-order valence-electron chi connectivity index (χ1n) is 8.14. The van der Waals surface area contributed by atoms with Crippen molar-refractivity contribution >= 4 is 11.9 Å². The first-order chi connectivity index (χ1) is 11.6. The summed E-state index contributed by atoms with van der Waals surface area (Å²) in [5, 5.41) is 9.46. The number of carboxylic acids is 1. The number of benzene rings is 2. The third-order valence-corrected chi connectivity index (χ3v) is 4.12. The Bertz CT molecular complexity index is 655. The zero-order chi connectivity index (χ0) is 17.4. The number of amides is 1. The summed E-state index contributed by atoms with van der Waals surface area (Å²) in [6.07, 6.45) is 2.20. The smallest absolute Gasteiger partial charge is 0.326 e. The van der Waals surface area contributed by atoms with Crippen molar-refractivity contribution in [3.63, 3.8) is 0 Å². The molecule has 0 radical (unpaired) electrons. The Hall–Kier alpha value is -2.62. The molecule has 126 valence electrons. The van der Waals surface area contributed by atoms with Gasteiger partial charge in [0.2, 0.25) is 5.91 Å². The second-order valence-electron chi connectivity index (χ2n) is 5.89. The third kappa shape index (κ3) is 5.23. The van der Waals surface area contributed by atoms with Crippen LogP contribution in [0.2, 0.25) is 0 Å². The summed E-state index contributed by atoms with van der Waals surface area (Å²) in [5.41, 5.74) is 2.10. The van der Waals surface area contributed by atoms with Gasteiger partial charge < -0.3 is 10.0 Å². The molecule has 2 aromatic carbocycles. The molecule has 2 rings (SSSR count). The number of nitrogens with zero attached hydrogens (tertiary/aromatic N) is 1. The molecule has 0 heterocycles. The van der Waals surface area contributed by atoms with Gasteiger partial charge in [-0.1, -0.05) is 60.7 Å². The standard InChI is InChI=1S/C20H23NO3/c1-21(18(20(23)24)15-17-11-6-3-7-12-17)19(22)14-8-13-16-9-4-2-5-10-16/h2-7,9-12,18H,8,13-15H2,1H3,(H,23,24). The number of rotatable bonds is 8. The maximum atomic E-state index is 12.3. The van der Waals surface area contributed by atoms with E-state index in [1.54, 1.807) is 7.05 Å². The summed E-state index contributed by atoms with van der Waals surface area (Å²) in [4.78, 5) is 25.2. The number of aryl methyl sites for hydroxylation is 1. The summed E-state index contributed by atoms with van der Waals surface area (Å²) >= 11 is 0. The Morgan fingerprint density at radius 1 is 0.958 bits per heavy atom. The SMILES string of the molecule is CN(C(=O)CCCc1ccccc1)C(Cc1ccccc1)C(=O)O. The Balaban J connectivity index is 1.89. The van der Waals surface area contributed by atoms with Crippen molar-refractivity contribution in [2.24, 2.45) is 0 Å². The van der Waals surface area contributed by atoms with E-state index in [0.29, 0.717) is 19.3 Å². The van der Waals surface area contributed by atoms with Crippen LogP contribution in [0.15, 0.2) is 60.7 Å². The summed E-state index contributed by atoms with van der Waals surface area (Å²) in [6, 6.07) is 18.5. The van der Waals surface area contributed by atoms with Gasteiger partial charge in [0, 0.05) is 19.9 Å². The monoisotopic (exact) mass is 325 g/mol. The second kappa shape index (κ2) is 8.87. The molecule has 1 atom stereocenters. The van der Waals surface area contributed by atoms with E-state index in [1.807, 2.05) is 60.7 Å². The predicted octanol–water partition coefficient (Wildman–Crippen LogP) is 3.16. The van der Waals surface area contributed by atoms with Crippen molar-refractivity contribution < 1.29 is 14.7 Å². The Morgan fingerprint density at radius 2 is 1.50 bits per heavy atom. The van der Waals surface area contributed by atoms with Crippen LogP contribution in [0, 0.1) is 0 Å². The number of carboxylic acid groups (broad SMARTS) is 1. The molecule has 4 heteroatoms. The van der Waals surface area contributed by atoms with E-state index < -0.39 is 12.0 Å². The highest BCUT2D eigenvalue weighted by atomic mass is 16.4. The first-order valence-corrected chi connectivity index (χ1v) is 8.14. The minimum atomic E-state index is -0.974. The van der Waals surface area contributed by atoms with Gasteiger partial charge in [0.05, 0.1) is 0 Å². The molecule has 4 nitrogen and oxygen atoms in total. The minimum absolute atomic E-state index is 0.130. The molecule has 0 aromatic heterocycles. The van der Waals surface area contributed by atoms with Gasteiger partial charge in [-0.25, -0.2) is 4.79 Å². The Kier molecular flexibility index (Phi) is 6.55. The maximum absolute atomic E-state index is 12.3. The molecule has 0 saturated heterocycles. The van der Waals surface area contributed by atoms with Crippen molar-refractivity contribution in [2.45, 2.75) is 31.7 Å². The quantitative estimate of drug-likeness (QED) is 0.811. The van der Waals surface area contributed by atoms with Crippen LogP contribution in [-0.2, 0) is 22.4 Å². The lowest BCUT2D eigenvalue weighted by molar-refractivity contribution is -0.149. The number of hydrogen-bond donors (Lipinski definition) is 1. The maximum Gasteiger partial charge on any atom is 0.326 e. The number of aliphatic carboxylic acids is 1. The van der Waals surface area contributed by atoms with Crippen LogP contribution in [-0.4, -0.2) is 35.0 Å². The molecular weight excluding hydrogens is 302 g/mol. The van der Waals surface area contributed by atoms with Crippen LogP contribution < -0.4 is 0 Å². The molecule has 0 aliphatic carbocycles. The molecule has 1 unspecified atom stereocenters. The number of hydrogen-bond acceptors (Lipinski definition) is 2. The van der Waals surface area contributed by atoms with Gasteiger partial charge in [0.15, 0.2) is 0 Å². The van der Waals surface area contributed by atoms with Crippen molar-refractivity contribution in [3.05, 3.63) is 71.8 Å². The summed E-state index contributed by atoms with van der Waals surface area (Å²) in [7, 11) is 1.58. The highest BCUT2D eigenvalue weighted by Crippen LogP contribution is 2.11. The lowest BCUT2D eigenvalue weighted by Crippen LogP contribution is -2.43. The Labute approximate surface area is 142 Å². The number of likely N-dealkylation sites (N-methyl/N-ethyl adjacent to an activating group) is 1. The van der Waals surface area contributed by atoms with Crippen LogP contribution >= 0.6 is 0 Å². The van der Waals surface area contributed by atoms with Crippen LogP contribution in [0.4, 0.5) is 0 Å². The lowest BCUT2D eigenvalue weighted by Gasteiger charge is -2.25. The van der Waals surface area contributed by atoms with Gasteiger partial charge in [-0.2, -0.15) is 0 Å². The number of carbonyl (C=O) groups is 2. The van der Waals surface area contributed by atoms with E-state index in [4.69, 9.17) is 0 Å². The highest BCUT2D eigenvalue weighted by molar-refractivity contribution is 5.83. The molecule has 1 amide bonds. The molecule has 0 bridgehead atoms. The third-order valence-electron chi connectivity index (χ3n) is 4.12. The van der Waals surface area contributed by atoms with Crippen LogP contribution in [0.3, 0.4) is 0 Å². The van der Waals surface area contributed by atoms with E-state index in [2.05, 4.69) is 0 Å². The zero-order valence-corrected chi connectivity index (χ0v) is 13.9. The topological polar surface area (TPSA) is 57.6 Å². The fourth-order valence-corrected chi connectivity index (χ4v) is 2.67. The highest BCUT2D eigenvalue weighted by Gasteiger charge is 2.26. The van der Waals surface area contributed by atoms with Crippen LogP contribution in [0.5, 0.6) is 0 Å². The van der Waals surface area contributed by atoms with Crippen LogP contribution in [0.25, 0.3) is 0 Å². The molecule has 0 fully saturated rings. The van der Waals surface area contributed by atoms with Gasteiger partial charge in [-0.15, -0.1) is 0 Å². The largest absolute Gasteiger partial charge is 0.480 e. The molecule has 1 N–H and O–H groups in total. The predicted molar refractivity (Wildman–Crippen MR) is 93.7 cm³/mol. The van der Waals surface area contributed by atoms with Gasteiger partial charge >= 0.3 is 5.97 Å². The number of carbonyl (C=O) groups excluding carboxylic acids is 1. The first kappa shape index (κ1) is 17.7. The molecule has 0 aliphatic rings. The average molecular weight is 325 g/mol. The molecule has 2 aromatic rings. The van der Waals surface area contributed by atoms with Gasteiger partial charge in [0.1, 0.15) is 6.04 Å². The Morgan fingerprint density at radius 3 is 2.04 bits per heavy atom. The molecule has 0 spiro atoms. The van der Waals surface area contributed by atoms with E-state index in [1.165, 1.54) is 10.5 Å². The molecule has 0 saturated carbocycles. The van der Waals surface area contributed by atoms with E-state index in [9.17, 15) is 14.7 Å². The fraction of sp³-hybridized carbons (Fsp3) is 0.300. The normalized spacial score (nSPS) is 11.7. The fourth-order valence-electron chi connectivity index (χ4n) is 2.67. The van der Waals surface area contributed by atoms with Crippen LogP contribution in [0.1, 0.15) is 24.0 Å². The zero-order valence-electron chi connectivity index (χ0n) is 13.9. The van der Waals surface area contributed by atoms with E-state index >= 15 is 0 Å². The second-order valence-corrected chi connectivity index (χ2v) is 5.89. The van der Waals surface area contributed by atoms with Gasteiger partial charge in [-0.3, -0.25) is 4.79 Å². The van der Waals surface area contributed by atoms with Crippen molar-refractivity contribution in [1.82, 2.24) is 4.90 Å². The van der Waals surface area contributed by atoms with Gasteiger partial charge in [0.25, 0.3) is 0 Å². The van der Waals surface area contributed by atoms with Crippen molar-refractivity contribution in [1.29, 1.82) is 0 Å². The van der Waals surface area contributed by atoms with Crippen molar-refractivity contribution in [2.75, 3.05) is 7.05 Å². The average Bonchev–Trinajstić information content (AvgIpc) is 2.60. The molecule has 24 heavy (non-hydrogen) atoms.